The molecule has 0 bridgehead atoms. The average Bonchev–Trinajstić information content (AvgIpc) is 2.69. The number of aromatic nitrogens is 5. The monoisotopic (exact) mass is 271 g/mol. The zero-order valence-corrected chi connectivity index (χ0v) is 10.6. The highest BCUT2D eigenvalue weighted by Crippen LogP contribution is 2.18. The summed E-state index contributed by atoms with van der Waals surface area (Å²) in [6, 6.07) is 0. The van der Waals surface area contributed by atoms with Crippen LogP contribution in [0.5, 0.6) is 0 Å². The van der Waals surface area contributed by atoms with E-state index in [1.807, 2.05) is 6.92 Å². The van der Waals surface area contributed by atoms with Crippen LogP contribution in [0.1, 0.15) is 12.6 Å². The summed E-state index contributed by atoms with van der Waals surface area (Å²) in [5, 5.41) is 7.36. The van der Waals surface area contributed by atoms with Crippen molar-refractivity contribution in [2.24, 2.45) is 0 Å². The van der Waals surface area contributed by atoms with Crippen LogP contribution in [-0.2, 0) is 12.3 Å². The molecule has 0 saturated carbocycles. The fraction of sp³-hybridized carbons (Fsp3) is 0.333. The van der Waals surface area contributed by atoms with E-state index in [1.54, 1.807) is 10.8 Å². The molecule has 0 fully saturated rings. The lowest BCUT2D eigenvalue weighted by Crippen LogP contribution is -2.16. The number of hydrogen-bond acceptors (Lipinski definition) is 5. The van der Waals surface area contributed by atoms with Crippen molar-refractivity contribution in [2.75, 3.05) is 0 Å². The SMILES string of the molecule is CCn1c(SCc2cnc(Cl)cn2)n[nH]c1=O. The van der Waals surface area contributed by atoms with Crippen LogP contribution in [0.4, 0.5) is 0 Å². The van der Waals surface area contributed by atoms with E-state index >= 15 is 0 Å². The molecule has 2 aromatic rings. The van der Waals surface area contributed by atoms with Crippen molar-refractivity contribution >= 4 is 23.4 Å². The van der Waals surface area contributed by atoms with Crippen LogP contribution in [0.15, 0.2) is 22.3 Å². The molecule has 0 amide bonds. The summed E-state index contributed by atoms with van der Waals surface area (Å²) in [6.45, 7) is 2.48. The molecule has 0 aromatic carbocycles. The van der Waals surface area contributed by atoms with Gasteiger partial charge in [0, 0.05) is 12.3 Å². The second-order valence-electron chi connectivity index (χ2n) is 3.17. The summed E-state index contributed by atoms with van der Waals surface area (Å²) in [5.41, 5.74) is 0.592. The van der Waals surface area contributed by atoms with Gasteiger partial charge in [0.2, 0.25) is 0 Å². The molecule has 0 saturated heterocycles. The Hall–Kier alpha value is -1.34. The molecule has 0 aliphatic heterocycles. The van der Waals surface area contributed by atoms with Crippen molar-refractivity contribution in [3.05, 3.63) is 33.7 Å². The molecule has 90 valence electrons. The number of aromatic amines is 1. The summed E-state index contributed by atoms with van der Waals surface area (Å²) < 4.78 is 1.56. The van der Waals surface area contributed by atoms with E-state index in [-0.39, 0.29) is 5.69 Å². The van der Waals surface area contributed by atoms with Crippen LogP contribution in [-0.4, -0.2) is 24.7 Å². The van der Waals surface area contributed by atoms with Crippen molar-refractivity contribution in [1.29, 1.82) is 0 Å². The van der Waals surface area contributed by atoms with E-state index in [4.69, 9.17) is 11.6 Å². The summed E-state index contributed by atoms with van der Waals surface area (Å²) in [7, 11) is 0. The number of halogens is 1. The molecule has 2 heterocycles. The van der Waals surface area contributed by atoms with Crippen molar-refractivity contribution in [1.82, 2.24) is 24.7 Å². The molecule has 0 aliphatic carbocycles. The van der Waals surface area contributed by atoms with E-state index in [0.29, 0.717) is 22.6 Å². The van der Waals surface area contributed by atoms with E-state index < -0.39 is 0 Å². The van der Waals surface area contributed by atoms with Crippen LogP contribution < -0.4 is 5.69 Å². The molecule has 0 unspecified atom stereocenters. The lowest BCUT2D eigenvalue weighted by atomic mass is 10.5. The average molecular weight is 272 g/mol. The first kappa shape index (κ1) is 12.1. The second-order valence-corrected chi connectivity index (χ2v) is 4.50. The van der Waals surface area contributed by atoms with Crippen molar-refractivity contribution < 1.29 is 0 Å². The molecule has 2 aromatic heterocycles. The van der Waals surface area contributed by atoms with E-state index in [0.717, 1.165) is 5.69 Å². The first-order valence-electron chi connectivity index (χ1n) is 4.95. The predicted octanol–water partition coefficient (Wildman–Crippen LogP) is 1.33. The Bertz CT molecular complexity index is 549. The van der Waals surface area contributed by atoms with Gasteiger partial charge in [0.15, 0.2) is 5.16 Å². The van der Waals surface area contributed by atoms with Gasteiger partial charge in [0.05, 0.1) is 18.1 Å². The van der Waals surface area contributed by atoms with Gasteiger partial charge in [-0.1, -0.05) is 23.4 Å². The number of nitrogens with zero attached hydrogens (tertiary/aromatic N) is 4. The minimum Gasteiger partial charge on any atom is -0.270 e. The van der Waals surface area contributed by atoms with E-state index in [9.17, 15) is 4.79 Å². The van der Waals surface area contributed by atoms with E-state index in [2.05, 4.69) is 20.2 Å². The molecule has 0 aliphatic rings. The second kappa shape index (κ2) is 5.33. The van der Waals surface area contributed by atoms with Crippen LogP contribution in [0.3, 0.4) is 0 Å². The fourth-order valence-corrected chi connectivity index (χ4v) is 2.25. The van der Waals surface area contributed by atoms with Gasteiger partial charge in [0.1, 0.15) is 5.15 Å². The maximum Gasteiger partial charge on any atom is 0.343 e. The zero-order chi connectivity index (χ0) is 12.3. The highest BCUT2D eigenvalue weighted by Gasteiger charge is 2.07. The smallest absolute Gasteiger partial charge is 0.270 e. The first-order chi connectivity index (χ1) is 8.20. The topological polar surface area (TPSA) is 76.5 Å². The van der Waals surface area contributed by atoms with Gasteiger partial charge in [-0.25, -0.2) is 14.9 Å². The van der Waals surface area contributed by atoms with Crippen LogP contribution in [0.25, 0.3) is 0 Å². The van der Waals surface area contributed by atoms with Gasteiger partial charge in [0.25, 0.3) is 0 Å². The van der Waals surface area contributed by atoms with Gasteiger partial charge < -0.3 is 0 Å². The highest BCUT2D eigenvalue weighted by atomic mass is 35.5. The van der Waals surface area contributed by atoms with E-state index in [1.165, 1.54) is 18.0 Å². The van der Waals surface area contributed by atoms with Crippen LogP contribution in [0.2, 0.25) is 5.15 Å². The molecular formula is C9H10ClN5OS. The molecule has 1 N–H and O–H groups in total. The fourth-order valence-electron chi connectivity index (χ4n) is 1.24. The lowest BCUT2D eigenvalue weighted by molar-refractivity contribution is 0.660. The molecule has 8 heteroatoms. The normalized spacial score (nSPS) is 10.7. The van der Waals surface area contributed by atoms with Gasteiger partial charge in [-0.3, -0.25) is 9.55 Å². The maximum absolute atomic E-state index is 11.3. The summed E-state index contributed by atoms with van der Waals surface area (Å²) in [4.78, 5) is 19.4. The Balaban J connectivity index is 2.07. The van der Waals surface area contributed by atoms with Crippen molar-refractivity contribution in [3.8, 4) is 0 Å². The third kappa shape index (κ3) is 2.86. The van der Waals surface area contributed by atoms with Crippen molar-refractivity contribution in [2.45, 2.75) is 24.4 Å². The Morgan fingerprint density at radius 3 is 2.94 bits per heavy atom. The molecule has 2 rings (SSSR count). The molecule has 0 spiro atoms. The number of rotatable bonds is 4. The Morgan fingerprint density at radius 2 is 2.29 bits per heavy atom. The van der Waals surface area contributed by atoms with Crippen LogP contribution in [0, 0.1) is 0 Å². The van der Waals surface area contributed by atoms with Gasteiger partial charge in [-0.05, 0) is 6.92 Å². The Morgan fingerprint density at radius 1 is 1.47 bits per heavy atom. The first-order valence-corrected chi connectivity index (χ1v) is 6.31. The predicted molar refractivity (Wildman–Crippen MR) is 65.1 cm³/mol. The number of nitrogens with one attached hydrogen (secondary N) is 1. The minimum atomic E-state index is -0.197. The number of thioether (sulfide) groups is 1. The number of H-pyrrole nitrogens is 1. The lowest BCUT2D eigenvalue weighted by Gasteiger charge is -2.01. The highest BCUT2D eigenvalue weighted by molar-refractivity contribution is 7.98. The molecule has 0 radical (unpaired) electrons. The summed E-state index contributed by atoms with van der Waals surface area (Å²) in [5.74, 6) is 0.592. The Labute approximate surface area is 106 Å². The van der Waals surface area contributed by atoms with Crippen molar-refractivity contribution in [3.63, 3.8) is 0 Å². The number of hydrogen-bond donors (Lipinski definition) is 1. The van der Waals surface area contributed by atoms with Gasteiger partial charge in [-0.2, -0.15) is 0 Å². The summed E-state index contributed by atoms with van der Waals surface area (Å²) >= 11 is 7.06. The van der Waals surface area contributed by atoms with Gasteiger partial charge in [-0.15, -0.1) is 5.10 Å². The largest absolute Gasteiger partial charge is 0.343 e. The minimum absolute atomic E-state index is 0.197. The van der Waals surface area contributed by atoms with Gasteiger partial charge >= 0.3 is 5.69 Å². The molecule has 6 nitrogen and oxygen atoms in total. The molecule has 17 heavy (non-hydrogen) atoms. The third-order valence-corrected chi connectivity index (χ3v) is 3.27. The Kier molecular flexibility index (Phi) is 3.80. The quantitative estimate of drug-likeness (QED) is 0.849. The molecule has 0 atom stereocenters. The standard InChI is InChI=1S/C9H10ClN5OS/c1-2-15-8(16)13-14-9(15)17-5-6-3-12-7(10)4-11-6/h3-4H,2,5H2,1H3,(H,13,16). The zero-order valence-electron chi connectivity index (χ0n) is 9.05. The molecular weight excluding hydrogens is 262 g/mol. The maximum atomic E-state index is 11.3. The van der Waals surface area contributed by atoms with Crippen LogP contribution >= 0.6 is 23.4 Å². The summed E-state index contributed by atoms with van der Waals surface area (Å²) in [6.07, 6.45) is 3.10. The third-order valence-electron chi connectivity index (χ3n) is 2.06.